The van der Waals surface area contributed by atoms with E-state index in [0.717, 1.165) is 96.6 Å². The zero-order valence-electron chi connectivity index (χ0n) is 23.1. The monoisotopic (exact) mass is 600 g/mol. The highest BCUT2D eigenvalue weighted by atomic mass is 32.1. The first kappa shape index (κ1) is 24.2. The van der Waals surface area contributed by atoms with Crippen LogP contribution in [-0.4, -0.2) is 9.97 Å². The van der Waals surface area contributed by atoms with Gasteiger partial charge >= 0.3 is 0 Å². The molecule has 4 heterocycles. The molecule has 206 valence electrons. The minimum Gasteiger partial charge on any atom is -0.456 e. The van der Waals surface area contributed by atoms with E-state index in [9.17, 15) is 0 Å². The normalized spacial score (nSPS) is 12.1. The summed E-state index contributed by atoms with van der Waals surface area (Å²) in [5.41, 5.74) is 10.2. The smallest absolute Gasteiger partial charge is 0.153 e. The van der Waals surface area contributed by atoms with Gasteiger partial charge in [0.2, 0.25) is 0 Å². The predicted molar refractivity (Wildman–Crippen MR) is 184 cm³/mol. The van der Waals surface area contributed by atoms with E-state index in [-0.39, 0.29) is 0 Å². The van der Waals surface area contributed by atoms with Crippen LogP contribution < -0.4 is 0 Å². The molecule has 4 nitrogen and oxygen atoms in total. The van der Waals surface area contributed by atoms with Crippen molar-refractivity contribution in [1.29, 1.82) is 0 Å². The number of para-hydroxylation sites is 2. The minimum absolute atomic E-state index is 0.904. The van der Waals surface area contributed by atoms with Crippen LogP contribution in [0.25, 0.3) is 96.6 Å². The number of hydrogen-bond acceptors (Lipinski definition) is 6. The quantitative estimate of drug-likeness (QED) is 0.202. The molecule has 6 heteroatoms. The molecule has 44 heavy (non-hydrogen) atoms. The van der Waals surface area contributed by atoms with Gasteiger partial charge in [0, 0.05) is 21.5 Å². The van der Waals surface area contributed by atoms with E-state index < -0.39 is 0 Å². The lowest BCUT2D eigenvalue weighted by Gasteiger charge is -2.02. The van der Waals surface area contributed by atoms with Crippen LogP contribution in [0.1, 0.15) is 0 Å². The Hall–Kier alpha value is -5.30. The van der Waals surface area contributed by atoms with Gasteiger partial charge in [-0.05, 0) is 82.9 Å². The number of fused-ring (bicyclic) bond motifs is 8. The van der Waals surface area contributed by atoms with Crippen molar-refractivity contribution in [3.05, 3.63) is 121 Å². The van der Waals surface area contributed by atoms with Crippen LogP contribution >= 0.6 is 22.7 Å². The largest absolute Gasteiger partial charge is 0.456 e. The summed E-state index contributed by atoms with van der Waals surface area (Å²) in [4.78, 5) is 10.1. The molecule has 0 fully saturated rings. The fourth-order valence-corrected chi connectivity index (χ4v) is 8.12. The van der Waals surface area contributed by atoms with Crippen LogP contribution in [0.5, 0.6) is 0 Å². The van der Waals surface area contributed by atoms with Crippen LogP contribution in [0, 0.1) is 0 Å². The summed E-state index contributed by atoms with van der Waals surface area (Å²) < 4.78 is 14.4. The van der Waals surface area contributed by atoms with Crippen molar-refractivity contribution in [2.24, 2.45) is 0 Å². The van der Waals surface area contributed by atoms with Crippen molar-refractivity contribution in [3.8, 4) is 32.3 Å². The van der Waals surface area contributed by atoms with Crippen LogP contribution in [0.3, 0.4) is 0 Å². The van der Waals surface area contributed by atoms with Gasteiger partial charge in [0.1, 0.15) is 22.3 Å². The SMILES string of the molecule is c1ccc2c(c1)oc1ccc(-c3ccc4sc(-c5nc6cc(-c7ccc8oc9ccccc9c8c7)ccc6s5)nc4c3)cc12. The van der Waals surface area contributed by atoms with Crippen LogP contribution in [0.15, 0.2) is 130 Å². The number of rotatable bonds is 3. The van der Waals surface area contributed by atoms with E-state index in [1.807, 2.05) is 24.3 Å². The predicted octanol–water partition coefficient (Wildman–Crippen LogP) is 11.7. The zero-order chi connectivity index (χ0) is 28.8. The molecule has 0 N–H and O–H groups in total. The first-order valence-electron chi connectivity index (χ1n) is 14.4. The van der Waals surface area contributed by atoms with Crippen molar-refractivity contribution in [2.75, 3.05) is 0 Å². The third-order valence-corrected chi connectivity index (χ3v) is 10.6. The Labute approximate surface area is 258 Å². The van der Waals surface area contributed by atoms with E-state index in [1.165, 1.54) is 0 Å². The molecule has 0 unspecified atom stereocenters. The molecule has 0 aliphatic carbocycles. The second kappa shape index (κ2) is 9.10. The molecule has 0 atom stereocenters. The Bertz CT molecular complexity index is 2550. The average molecular weight is 601 g/mol. The summed E-state index contributed by atoms with van der Waals surface area (Å²) in [6.07, 6.45) is 0. The average Bonchev–Trinajstić information content (AvgIpc) is 3.85. The number of nitrogens with zero attached hydrogens (tertiary/aromatic N) is 2. The van der Waals surface area contributed by atoms with E-state index >= 15 is 0 Å². The van der Waals surface area contributed by atoms with E-state index in [2.05, 4.69) is 97.1 Å². The number of benzene rings is 6. The molecule has 0 amide bonds. The third kappa shape index (κ3) is 3.68. The first-order chi connectivity index (χ1) is 21.7. The lowest BCUT2D eigenvalue weighted by Crippen LogP contribution is -1.79. The summed E-state index contributed by atoms with van der Waals surface area (Å²) in [5.74, 6) is 0. The fraction of sp³-hybridized carbons (Fsp3) is 0. The number of furan rings is 2. The molecule has 0 spiro atoms. The Balaban J connectivity index is 1.01. The third-order valence-electron chi connectivity index (χ3n) is 8.38. The highest BCUT2D eigenvalue weighted by molar-refractivity contribution is 7.27. The first-order valence-corrected chi connectivity index (χ1v) is 16.0. The standard InChI is InChI=1S/C38H20N2O2S2/c1-3-7-31-25(5-1)27-17-21(9-13-33(27)41-31)23-11-15-35-29(19-23)39-37(43-35)38-40-30-20-24(12-16-36(30)44-38)22-10-14-34-28(18-22)26-6-2-4-8-32(26)42-34/h1-20H. The van der Waals surface area contributed by atoms with Crippen LogP contribution in [0.2, 0.25) is 0 Å². The molecule has 10 rings (SSSR count). The highest BCUT2D eigenvalue weighted by Crippen LogP contribution is 2.39. The Morgan fingerprint density at radius 3 is 1.30 bits per heavy atom. The second-order valence-corrected chi connectivity index (χ2v) is 13.1. The van der Waals surface area contributed by atoms with Crippen molar-refractivity contribution >= 4 is 87.0 Å². The van der Waals surface area contributed by atoms with Crippen LogP contribution in [-0.2, 0) is 0 Å². The molecular weight excluding hydrogens is 581 g/mol. The van der Waals surface area contributed by atoms with Crippen molar-refractivity contribution in [3.63, 3.8) is 0 Å². The molecule has 0 aliphatic heterocycles. The molecular formula is C38H20N2O2S2. The van der Waals surface area contributed by atoms with E-state index in [1.54, 1.807) is 22.7 Å². The van der Waals surface area contributed by atoms with Crippen molar-refractivity contribution in [1.82, 2.24) is 9.97 Å². The minimum atomic E-state index is 0.904. The van der Waals surface area contributed by atoms with E-state index in [4.69, 9.17) is 18.8 Å². The maximum atomic E-state index is 6.03. The molecule has 6 aromatic carbocycles. The van der Waals surface area contributed by atoms with Gasteiger partial charge in [-0.15, -0.1) is 22.7 Å². The lowest BCUT2D eigenvalue weighted by atomic mass is 10.0. The zero-order valence-corrected chi connectivity index (χ0v) is 24.7. The second-order valence-electron chi connectivity index (χ2n) is 11.0. The van der Waals surface area contributed by atoms with Gasteiger partial charge in [-0.3, -0.25) is 0 Å². The maximum absolute atomic E-state index is 6.03. The number of hydrogen-bond donors (Lipinski definition) is 0. The fourth-order valence-electron chi connectivity index (χ4n) is 6.21. The molecule has 0 bridgehead atoms. The Kier molecular flexibility index (Phi) is 5.00. The molecule has 10 aromatic rings. The summed E-state index contributed by atoms with van der Waals surface area (Å²) in [5, 5.41) is 6.42. The lowest BCUT2D eigenvalue weighted by molar-refractivity contribution is 0.668. The Morgan fingerprint density at radius 1 is 0.386 bits per heavy atom. The van der Waals surface area contributed by atoms with Gasteiger partial charge in [0.25, 0.3) is 0 Å². The van der Waals surface area contributed by atoms with Gasteiger partial charge in [0.15, 0.2) is 10.0 Å². The molecule has 0 radical (unpaired) electrons. The summed E-state index contributed by atoms with van der Waals surface area (Å²) in [6.45, 7) is 0. The maximum Gasteiger partial charge on any atom is 0.153 e. The summed E-state index contributed by atoms with van der Waals surface area (Å²) >= 11 is 3.38. The summed E-state index contributed by atoms with van der Waals surface area (Å²) in [7, 11) is 0. The van der Waals surface area contributed by atoms with Gasteiger partial charge in [-0.1, -0.05) is 60.7 Å². The van der Waals surface area contributed by atoms with Gasteiger partial charge in [-0.25, -0.2) is 9.97 Å². The van der Waals surface area contributed by atoms with Gasteiger partial charge in [0.05, 0.1) is 20.4 Å². The topological polar surface area (TPSA) is 52.1 Å². The molecule has 0 saturated carbocycles. The van der Waals surface area contributed by atoms with Crippen molar-refractivity contribution in [2.45, 2.75) is 0 Å². The van der Waals surface area contributed by atoms with Crippen molar-refractivity contribution < 1.29 is 8.83 Å². The number of aromatic nitrogens is 2. The highest BCUT2D eigenvalue weighted by Gasteiger charge is 2.15. The van der Waals surface area contributed by atoms with Gasteiger partial charge in [-0.2, -0.15) is 0 Å². The number of thiazole rings is 2. The van der Waals surface area contributed by atoms with Crippen LogP contribution in [0.4, 0.5) is 0 Å². The molecule has 4 aromatic heterocycles. The molecule has 0 aliphatic rings. The van der Waals surface area contributed by atoms with E-state index in [0.29, 0.717) is 0 Å². The van der Waals surface area contributed by atoms with Gasteiger partial charge < -0.3 is 8.83 Å². The summed E-state index contributed by atoms with van der Waals surface area (Å²) in [6, 6.07) is 42.2. The molecule has 0 saturated heterocycles. The Morgan fingerprint density at radius 2 is 0.795 bits per heavy atom.